The van der Waals surface area contributed by atoms with E-state index in [1.165, 1.54) is 0 Å². The molecule has 14 heteroatoms. The van der Waals surface area contributed by atoms with Gasteiger partial charge in [0.25, 0.3) is 5.91 Å². The van der Waals surface area contributed by atoms with Crippen molar-refractivity contribution in [1.29, 1.82) is 0 Å². The van der Waals surface area contributed by atoms with Gasteiger partial charge in [0.15, 0.2) is 13.9 Å². The molecule has 0 aromatic heterocycles. The average Bonchev–Trinajstić information content (AvgIpc) is 4.01. The van der Waals surface area contributed by atoms with Crippen LogP contribution < -0.4 is 26.2 Å². The van der Waals surface area contributed by atoms with Gasteiger partial charge < -0.3 is 45.7 Å². The molecule has 0 aliphatic carbocycles. The van der Waals surface area contributed by atoms with Crippen molar-refractivity contribution in [1.82, 2.24) is 15.5 Å². The molecule has 3 fully saturated rings. The van der Waals surface area contributed by atoms with Crippen LogP contribution in [0.1, 0.15) is 61.3 Å². The number of hydrogen-bond acceptors (Lipinski definition) is 9. The topological polar surface area (TPSA) is 173 Å². The van der Waals surface area contributed by atoms with Crippen molar-refractivity contribution >= 4 is 49.0 Å². The Kier molecular flexibility index (Phi) is 10.9. The van der Waals surface area contributed by atoms with Crippen LogP contribution in [-0.2, 0) is 49.0 Å². The first-order chi connectivity index (χ1) is 27.4. The number of anilines is 3. The third-order valence-corrected chi connectivity index (χ3v) is 15.3. The monoisotopic (exact) mass is 794 g/mol. The summed E-state index contributed by atoms with van der Waals surface area (Å²) in [6, 6.07) is 19.9. The zero-order valence-corrected chi connectivity index (χ0v) is 33.9. The first-order valence-electron chi connectivity index (χ1n) is 20.4. The molecule has 4 amide bonds. The van der Waals surface area contributed by atoms with Gasteiger partial charge in [-0.25, -0.2) is 0 Å². The highest BCUT2D eigenvalue weighted by molar-refractivity contribution is 6.71. The molecule has 0 bridgehead atoms. The van der Waals surface area contributed by atoms with Crippen molar-refractivity contribution in [3.63, 3.8) is 0 Å². The van der Waals surface area contributed by atoms with Gasteiger partial charge in [-0.05, 0) is 105 Å². The van der Waals surface area contributed by atoms with Gasteiger partial charge in [0.1, 0.15) is 0 Å². The van der Waals surface area contributed by atoms with Gasteiger partial charge in [0, 0.05) is 34.9 Å². The quantitative estimate of drug-likeness (QED) is 0.167. The highest BCUT2D eigenvalue weighted by atomic mass is 28.4. The summed E-state index contributed by atoms with van der Waals surface area (Å²) < 4.78 is 7.03. The summed E-state index contributed by atoms with van der Waals surface area (Å²) in [6.45, 7) is 7.56. The lowest BCUT2D eigenvalue weighted by Crippen LogP contribution is -2.48. The number of nitrogens with one attached hydrogen (secondary N) is 4. The van der Waals surface area contributed by atoms with Crippen LogP contribution in [0, 0.1) is 5.92 Å². The Bertz CT molecular complexity index is 2030. The normalized spacial score (nSPS) is 28.1. The Labute approximate surface area is 334 Å². The zero-order chi connectivity index (χ0) is 40.1. The molecule has 0 saturated carbocycles. The maximum atomic E-state index is 15.2. The molecule has 5 aliphatic heterocycles. The highest BCUT2D eigenvalue weighted by Gasteiger charge is 2.66. The van der Waals surface area contributed by atoms with Crippen molar-refractivity contribution in [3.8, 4) is 0 Å². The van der Waals surface area contributed by atoms with Crippen LogP contribution in [0.5, 0.6) is 0 Å². The number of benzene rings is 3. The van der Waals surface area contributed by atoms with Crippen molar-refractivity contribution in [2.75, 3.05) is 35.2 Å². The lowest BCUT2D eigenvalue weighted by molar-refractivity contribution is -0.151. The van der Waals surface area contributed by atoms with E-state index in [-0.39, 0.29) is 55.3 Å². The van der Waals surface area contributed by atoms with Crippen molar-refractivity contribution in [2.24, 2.45) is 5.92 Å². The van der Waals surface area contributed by atoms with Crippen LogP contribution in [0.25, 0.3) is 0 Å². The number of aliphatic hydroxyl groups excluding tert-OH is 1. The predicted octanol–water partition coefficient (Wildman–Crippen LogP) is 3.75. The predicted molar refractivity (Wildman–Crippen MR) is 219 cm³/mol. The molecular weight excluding hydrogens is 741 g/mol. The SMILES string of the molecule is C[C@@H]1[C@@H]([Si](C)(C)O)[C@H](CC(=O)N2Cc3ccccc3C[C@H]2CO)O[C@@]12C(=O)N(Cc1ccc(NC(=O)[C@H]3CCCN3)cc1)c1ccc(NC(=O)[C@H]3CCCN3)cc12. The standard InChI is InChI=1S/C43H54N6O7Si/c1-26-39(57(2,3)55)37(22-38(51)48-24-29-9-5-4-8-28(29)20-32(48)25-50)56-43(26)33-21-31(47-41(53)35-11-7-19-45-35)16-17-36(33)49(42(43)54)23-27-12-14-30(15-13-27)46-40(52)34-10-6-18-44-34/h4-5,8-9,12-17,21,26,32,34-35,37,39,44-45,50,55H,6-7,10-11,18-20,22-25H2,1-3H3,(H,46,52)(H,47,53)/t26-,32+,34-,35-,37+,39-,43+/m1/s1. The summed E-state index contributed by atoms with van der Waals surface area (Å²) in [7, 11) is -3.11. The zero-order valence-electron chi connectivity index (χ0n) is 32.9. The van der Waals surface area contributed by atoms with E-state index in [2.05, 4.69) is 21.3 Å². The summed E-state index contributed by atoms with van der Waals surface area (Å²) in [4.78, 5) is 70.8. The third-order valence-electron chi connectivity index (χ3n) is 12.8. The first kappa shape index (κ1) is 39.4. The number of rotatable bonds is 10. The van der Waals surface area contributed by atoms with Crippen LogP contribution in [-0.4, -0.2) is 90.7 Å². The van der Waals surface area contributed by atoms with Crippen LogP contribution in [0.3, 0.4) is 0 Å². The minimum atomic E-state index is -3.11. The number of carbonyl (C=O) groups is 4. The van der Waals surface area contributed by atoms with Gasteiger partial charge in [0.05, 0.1) is 49.5 Å². The molecule has 5 aliphatic rings. The van der Waals surface area contributed by atoms with Crippen LogP contribution in [0.4, 0.5) is 17.1 Å². The summed E-state index contributed by atoms with van der Waals surface area (Å²) >= 11 is 0. The smallest absolute Gasteiger partial charge is 0.264 e. The molecule has 302 valence electrons. The van der Waals surface area contributed by atoms with Crippen molar-refractivity contribution < 1.29 is 33.8 Å². The van der Waals surface area contributed by atoms with Crippen molar-refractivity contribution in [3.05, 3.63) is 89.0 Å². The molecule has 3 aromatic carbocycles. The number of fused-ring (bicyclic) bond motifs is 3. The molecule has 3 aromatic rings. The van der Waals surface area contributed by atoms with Crippen molar-refractivity contribution in [2.45, 2.75) is 107 Å². The molecule has 6 N–H and O–H groups in total. The summed E-state index contributed by atoms with van der Waals surface area (Å²) in [6.07, 6.45) is 3.09. The van der Waals surface area contributed by atoms with E-state index in [9.17, 15) is 24.3 Å². The second kappa shape index (κ2) is 15.7. The Balaban J connectivity index is 1.11. The Morgan fingerprint density at radius 1 is 0.912 bits per heavy atom. The Morgan fingerprint density at radius 2 is 1.54 bits per heavy atom. The largest absolute Gasteiger partial charge is 0.432 e. The van der Waals surface area contributed by atoms with Gasteiger partial charge in [-0.15, -0.1) is 0 Å². The fraction of sp³-hybridized carbons (Fsp3) is 0.488. The molecule has 13 nitrogen and oxygen atoms in total. The van der Waals surface area contributed by atoms with Gasteiger partial charge in [-0.1, -0.05) is 43.3 Å². The lowest BCUT2D eigenvalue weighted by atomic mass is 9.82. The minimum Gasteiger partial charge on any atom is -0.432 e. The molecule has 0 radical (unpaired) electrons. The Hall–Kier alpha value is -4.44. The maximum absolute atomic E-state index is 15.2. The van der Waals surface area contributed by atoms with E-state index in [4.69, 9.17) is 4.74 Å². The Morgan fingerprint density at radius 3 is 2.16 bits per heavy atom. The molecule has 0 unspecified atom stereocenters. The highest BCUT2D eigenvalue weighted by Crippen LogP contribution is 2.60. The van der Waals surface area contributed by atoms with E-state index >= 15 is 4.79 Å². The molecule has 7 atom stereocenters. The van der Waals surface area contributed by atoms with E-state index in [1.807, 2.05) is 80.7 Å². The number of ether oxygens (including phenoxy) is 1. The maximum Gasteiger partial charge on any atom is 0.264 e. The lowest BCUT2D eigenvalue weighted by Gasteiger charge is -2.37. The van der Waals surface area contributed by atoms with E-state index in [1.54, 1.807) is 15.9 Å². The first-order valence-corrected chi connectivity index (χ1v) is 23.4. The molecule has 8 rings (SSSR count). The molecule has 1 spiro atoms. The molecule has 5 heterocycles. The average molecular weight is 795 g/mol. The van der Waals surface area contributed by atoms with Gasteiger partial charge in [0.2, 0.25) is 17.7 Å². The number of hydrogen-bond donors (Lipinski definition) is 6. The van der Waals surface area contributed by atoms with Crippen LogP contribution in [0.2, 0.25) is 18.6 Å². The third kappa shape index (κ3) is 7.43. The summed E-state index contributed by atoms with van der Waals surface area (Å²) in [5.74, 6) is -1.25. The fourth-order valence-electron chi connectivity index (χ4n) is 10.00. The molecule has 57 heavy (non-hydrogen) atoms. The van der Waals surface area contributed by atoms with Gasteiger partial charge in [-0.2, -0.15) is 0 Å². The number of carbonyl (C=O) groups excluding carboxylic acids is 4. The van der Waals surface area contributed by atoms with Crippen LogP contribution >= 0.6 is 0 Å². The van der Waals surface area contributed by atoms with E-state index in [0.29, 0.717) is 35.6 Å². The second-order valence-corrected chi connectivity index (χ2v) is 21.0. The van der Waals surface area contributed by atoms with E-state index < -0.39 is 37.5 Å². The fourth-order valence-corrected chi connectivity index (χ4v) is 12.5. The van der Waals surface area contributed by atoms with Gasteiger partial charge in [-0.3, -0.25) is 19.2 Å². The van der Waals surface area contributed by atoms with Crippen LogP contribution in [0.15, 0.2) is 66.7 Å². The number of amides is 4. The summed E-state index contributed by atoms with van der Waals surface area (Å²) in [5.41, 5.74) is 3.33. The van der Waals surface area contributed by atoms with Gasteiger partial charge >= 0.3 is 0 Å². The summed E-state index contributed by atoms with van der Waals surface area (Å²) in [5, 5.41) is 22.9. The second-order valence-electron chi connectivity index (χ2n) is 17.0. The number of aliphatic hydroxyl groups is 1. The molecule has 3 saturated heterocycles. The molecular formula is C43H54N6O7Si. The minimum absolute atomic E-state index is 0.0671. The van der Waals surface area contributed by atoms with E-state index in [0.717, 1.165) is 55.5 Å². The number of nitrogens with zero attached hydrogens (tertiary/aromatic N) is 2.